The Morgan fingerprint density at radius 2 is 2.28 bits per heavy atom. The molecular weight excluding hydrogens is 307 g/mol. The minimum atomic E-state index is -0.545. The first kappa shape index (κ1) is 12.6. The van der Waals surface area contributed by atoms with Crippen molar-refractivity contribution >= 4 is 21.6 Å². The molecule has 2 rings (SSSR count). The highest BCUT2D eigenvalue weighted by molar-refractivity contribution is 9.08. The summed E-state index contributed by atoms with van der Waals surface area (Å²) in [5, 5.41) is 19.0. The first-order chi connectivity index (χ1) is 8.60. The van der Waals surface area contributed by atoms with Crippen molar-refractivity contribution in [1.82, 2.24) is 15.0 Å². The van der Waals surface area contributed by atoms with Gasteiger partial charge in [0.15, 0.2) is 0 Å². The Kier molecular flexibility index (Phi) is 3.66. The van der Waals surface area contributed by atoms with E-state index in [1.807, 2.05) is 0 Å². The normalized spacial score (nSPS) is 10.6. The number of alkyl halides is 1. The molecule has 0 N–H and O–H groups in total. The maximum atomic E-state index is 13.1. The third-order valence-corrected chi connectivity index (χ3v) is 2.87. The summed E-state index contributed by atoms with van der Waals surface area (Å²) in [5.74, 6) is -0.517. The van der Waals surface area contributed by atoms with E-state index < -0.39 is 10.7 Å². The van der Waals surface area contributed by atoms with Crippen LogP contribution in [0.25, 0.3) is 0 Å². The monoisotopic (exact) mass is 314 g/mol. The van der Waals surface area contributed by atoms with Crippen LogP contribution in [0, 0.1) is 15.9 Å². The van der Waals surface area contributed by atoms with Gasteiger partial charge in [-0.3, -0.25) is 10.1 Å². The number of benzene rings is 1. The van der Waals surface area contributed by atoms with Gasteiger partial charge < -0.3 is 0 Å². The van der Waals surface area contributed by atoms with Gasteiger partial charge >= 0.3 is 0 Å². The van der Waals surface area contributed by atoms with Gasteiger partial charge in [0.1, 0.15) is 5.82 Å². The van der Waals surface area contributed by atoms with Crippen LogP contribution in [0.15, 0.2) is 24.4 Å². The molecule has 0 saturated carbocycles. The fraction of sp³-hybridized carbons (Fsp3) is 0.200. The van der Waals surface area contributed by atoms with Gasteiger partial charge in [-0.15, -0.1) is 5.10 Å². The molecule has 6 nitrogen and oxygen atoms in total. The van der Waals surface area contributed by atoms with E-state index in [0.717, 1.165) is 18.2 Å². The molecule has 0 amide bonds. The number of hydrogen-bond acceptors (Lipinski definition) is 4. The number of aromatic nitrogens is 3. The Morgan fingerprint density at radius 3 is 2.89 bits per heavy atom. The van der Waals surface area contributed by atoms with E-state index in [1.54, 1.807) is 6.20 Å². The number of hydrogen-bond donors (Lipinski definition) is 0. The molecular formula is C10H8BrFN4O2. The van der Waals surface area contributed by atoms with Crippen LogP contribution >= 0.6 is 15.9 Å². The fourth-order valence-electron chi connectivity index (χ4n) is 1.51. The zero-order valence-electron chi connectivity index (χ0n) is 9.08. The minimum Gasteiger partial charge on any atom is -0.258 e. The van der Waals surface area contributed by atoms with Crippen molar-refractivity contribution in [1.29, 1.82) is 0 Å². The van der Waals surface area contributed by atoms with Crippen molar-refractivity contribution < 1.29 is 9.31 Å². The van der Waals surface area contributed by atoms with E-state index in [2.05, 4.69) is 26.2 Å². The van der Waals surface area contributed by atoms with E-state index in [4.69, 9.17) is 0 Å². The fourth-order valence-corrected chi connectivity index (χ4v) is 1.77. The lowest BCUT2D eigenvalue weighted by Gasteiger charge is -2.02. The molecule has 2 aromatic rings. The third-order valence-electron chi connectivity index (χ3n) is 2.29. The molecule has 8 heteroatoms. The molecule has 0 atom stereocenters. The molecule has 94 valence electrons. The highest BCUT2D eigenvalue weighted by Crippen LogP contribution is 2.20. The second-order valence-corrected chi connectivity index (χ2v) is 4.13. The molecule has 0 bridgehead atoms. The lowest BCUT2D eigenvalue weighted by atomic mass is 10.2. The van der Waals surface area contributed by atoms with Gasteiger partial charge in [-0.1, -0.05) is 21.1 Å². The highest BCUT2D eigenvalue weighted by Gasteiger charge is 2.15. The molecule has 0 fully saturated rings. The number of rotatable bonds is 4. The van der Waals surface area contributed by atoms with E-state index >= 15 is 0 Å². The molecule has 0 aliphatic rings. The van der Waals surface area contributed by atoms with Crippen molar-refractivity contribution in [2.45, 2.75) is 11.9 Å². The summed E-state index contributed by atoms with van der Waals surface area (Å²) >= 11 is 3.22. The molecule has 0 saturated heterocycles. The maximum Gasteiger partial charge on any atom is 0.274 e. The van der Waals surface area contributed by atoms with E-state index in [1.165, 1.54) is 4.68 Å². The molecule has 18 heavy (non-hydrogen) atoms. The van der Waals surface area contributed by atoms with Gasteiger partial charge in [0, 0.05) is 17.6 Å². The van der Waals surface area contributed by atoms with Crippen molar-refractivity contribution in [3.8, 4) is 0 Å². The van der Waals surface area contributed by atoms with Crippen LogP contribution in [0.3, 0.4) is 0 Å². The maximum absolute atomic E-state index is 13.1. The molecule has 1 heterocycles. The third kappa shape index (κ3) is 2.70. The summed E-state index contributed by atoms with van der Waals surface area (Å²) in [6.07, 6.45) is 1.64. The average Bonchev–Trinajstić information content (AvgIpc) is 2.76. The molecule has 1 aromatic heterocycles. The lowest BCUT2D eigenvalue weighted by Crippen LogP contribution is -2.04. The quantitative estimate of drug-likeness (QED) is 0.493. The Bertz CT molecular complexity index is 587. The number of nitro benzene ring substituents is 1. The summed E-state index contributed by atoms with van der Waals surface area (Å²) in [5.41, 5.74) is 0.826. The van der Waals surface area contributed by atoms with E-state index in [9.17, 15) is 14.5 Å². The number of nitrogens with zero attached hydrogens (tertiary/aromatic N) is 4. The van der Waals surface area contributed by atoms with Crippen LogP contribution in [0.5, 0.6) is 0 Å². The smallest absolute Gasteiger partial charge is 0.258 e. The van der Waals surface area contributed by atoms with E-state index in [0.29, 0.717) is 11.0 Å². The summed E-state index contributed by atoms with van der Waals surface area (Å²) in [6.45, 7) is 0.105. The SMILES string of the molecule is O=[N+]([O-])c1ccc(F)cc1Cn1cc(CBr)nn1. The van der Waals surface area contributed by atoms with Gasteiger partial charge in [-0.2, -0.15) is 0 Å². The Morgan fingerprint density at radius 1 is 1.50 bits per heavy atom. The van der Waals surface area contributed by atoms with Crippen LogP contribution in [0.4, 0.5) is 10.1 Å². The lowest BCUT2D eigenvalue weighted by molar-refractivity contribution is -0.385. The average molecular weight is 315 g/mol. The minimum absolute atomic E-state index is 0.105. The van der Waals surface area contributed by atoms with Gasteiger partial charge in [-0.25, -0.2) is 9.07 Å². The largest absolute Gasteiger partial charge is 0.274 e. The summed E-state index contributed by atoms with van der Waals surface area (Å²) in [4.78, 5) is 10.3. The van der Waals surface area contributed by atoms with Crippen molar-refractivity contribution in [2.75, 3.05) is 0 Å². The van der Waals surface area contributed by atoms with Crippen LogP contribution in [0.1, 0.15) is 11.3 Å². The van der Waals surface area contributed by atoms with E-state index in [-0.39, 0.29) is 17.8 Å². The van der Waals surface area contributed by atoms with Crippen LogP contribution < -0.4 is 0 Å². The van der Waals surface area contributed by atoms with Crippen molar-refractivity contribution in [3.63, 3.8) is 0 Å². The topological polar surface area (TPSA) is 73.8 Å². The Labute approximate surface area is 110 Å². The highest BCUT2D eigenvalue weighted by atomic mass is 79.9. The molecule has 0 unspecified atom stereocenters. The first-order valence-electron chi connectivity index (χ1n) is 4.98. The van der Waals surface area contributed by atoms with Crippen LogP contribution in [0.2, 0.25) is 0 Å². The summed E-state index contributed by atoms with van der Waals surface area (Å²) < 4.78 is 14.5. The zero-order chi connectivity index (χ0) is 13.1. The molecule has 0 aliphatic heterocycles. The summed E-state index contributed by atoms with van der Waals surface area (Å²) in [6, 6.07) is 3.34. The number of halogens is 2. The molecule has 0 radical (unpaired) electrons. The van der Waals surface area contributed by atoms with Gasteiger partial charge in [0.25, 0.3) is 5.69 Å². The molecule has 1 aromatic carbocycles. The van der Waals surface area contributed by atoms with Gasteiger partial charge in [-0.05, 0) is 12.1 Å². The predicted octanol–water partition coefficient (Wildman–Crippen LogP) is 2.27. The van der Waals surface area contributed by atoms with Crippen molar-refractivity contribution in [3.05, 3.63) is 51.6 Å². The predicted molar refractivity (Wildman–Crippen MR) is 64.8 cm³/mol. The first-order valence-corrected chi connectivity index (χ1v) is 6.10. The van der Waals surface area contributed by atoms with Gasteiger partial charge in [0.2, 0.25) is 0 Å². The summed E-state index contributed by atoms with van der Waals surface area (Å²) in [7, 11) is 0. The second-order valence-electron chi connectivity index (χ2n) is 3.57. The Balaban J connectivity index is 2.32. The van der Waals surface area contributed by atoms with Crippen LogP contribution in [-0.4, -0.2) is 19.9 Å². The second kappa shape index (κ2) is 5.21. The standard InChI is InChI=1S/C10H8BrFN4O2/c11-4-9-6-15(14-13-9)5-7-3-8(12)1-2-10(7)16(17)18/h1-3,6H,4-5H2. The molecule has 0 aliphatic carbocycles. The van der Waals surface area contributed by atoms with Gasteiger partial charge in [0.05, 0.1) is 22.7 Å². The van der Waals surface area contributed by atoms with Crippen LogP contribution in [-0.2, 0) is 11.9 Å². The zero-order valence-corrected chi connectivity index (χ0v) is 10.7. The molecule has 0 spiro atoms. The van der Waals surface area contributed by atoms with Crippen molar-refractivity contribution in [2.24, 2.45) is 0 Å². The number of nitro groups is 1. The Hall–Kier alpha value is -1.83.